The fourth-order valence-electron chi connectivity index (χ4n) is 7.72. The summed E-state index contributed by atoms with van der Waals surface area (Å²) in [6, 6.07) is -0.837. The monoisotopic (exact) mass is 1540 g/mol. The van der Waals surface area contributed by atoms with Gasteiger partial charge >= 0.3 is 123 Å². The third-order valence-electron chi connectivity index (χ3n) is 11.9. The van der Waals surface area contributed by atoms with Crippen LogP contribution >= 0.6 is 0 Å². The predicted molar refractivity (Wildman–Crippen MR) is 281 cm³/mol. The highest BCUT2D eigenvalue weighted by molar-refractivity contribution is 6.61. The minimum Gasteiger partial charge on any atom is -0.443 e. The molecule has 0 atom stereocenters. The average Bonchev–Trinajstić information content (AvgIpc) is 0.675. The summed E-state index contributed by atoms with van der Waals surface area (Å²) in [7, 11) is -10.9. The molecule has 0 aliphatic heterocycles. The van der Waals surface area contributed by atoms with Crippen molar-refractivity contribution in [2.45, 2.75) is 172 Å². The number of ether oxygens (including phenoxy) is 7. The van der Waals surface area contributed by atoms with E-state index in [1.807, 2.05) is 0 Å². The first kappa shape index (κ1) is 93.2. The van der Waals surface area contributed by atoms with Gasteiger partial charge in [0.2, 0.25) is 0 Å². The van der Waals surface area contributed by atoms with Crippen LogP contribution in [-0.4, -0.2) is 228 Å². The van der Waals surface area contributed by atoms with Crippen LogP contribution in [0, 0.1) is 5.41 Å². The summed E-state index contributed by atoms with van der Waals surface area (Å²) in [4.78, 5) is 36.8. The molecule has 97 heavy (non-hydrogen) atoms. The first-order valence-electron chi connectivity index (χ1n) is 28.7. The van der Waals surface area contributed by atoms with E-state index in [0.29, 0.717) is 0 Å². The molecule has 0 rings (SSSR count). The van der Waals surface area contributed by atoms with Crippen LogP contribution in [0.25, 0.3) is 0 Å². The zero-order valence-corrected chi connectivity index (χ0v) is 55.8. The largest absolute Gasteiger partial charge is 0.500 e. The number of rotatable bonds is 53. The van der Waals surface area contributed by atoms with E-state index in [2.05, 4.69) is 14.2 Å². The normalized spacial score (nSPS) is 14.4. The summed E-state index contributed by atoms with van der Waals surface area (Å²) in [5, 5.41) is 13.2. The topological polar surface area (TPSA) is 255 Å². The maximum atomic E-state index is 16.6. The molecule has 0 saturated carbocycles. The molecule has 0 aromatic heterocycles. The Hall–Kier alpha value is -3.78. The summed E-state index contributed by atoms with van der Waals surface area (Å²) in [5.74, 6) is -28.9. The van der Waals surface area contributed by atoms with Crippen molar-refractivity contribution in [1.82, 2.24) is 16.0 Å². The summed E-state index contributed by atoms with van der Waals surface area (Å²) in [6.45, 7) is -5.01. The van der Waals surface area contributed by atoms with Crippen molar-refractivity contribution in [2.75, 3.05) is 106 Å². The Morgan fingerprint density at radius 2 is 0.474 bits per heavy atom. The number of aliphatic hydroxyl groups excluding tert-OH is 1. The van der Waals surface area contributed by atoms with Gasteiger partial charge in [-0.15, -0.1) is 0 Å². The summed E-state index contributed by atoms with van der Waals surface area (Å²) >= 11 is 0. The molecular formula is C47H75F24N3O20Si3. The van der Waals surface area contributed by atoms with Crippen LogP contribution in [0.3, 0.4) is 0 Å². The molecule has 0 spiro atoms. The van der Waals surface area contributed by atoms with Gasteiger partial charge < -0.3 is 75.1 Å². The maximum absolute atomic E-state index is 16.6. The Morgan fingerprint density at radius 3 is 0.639 bits per heavy atom. The van der Waals surface area contributed by atoms with Gasteiger partial charge in [0.15, 0.2) is 19.8 Å². The lowest BCUT2D eigenvalue weighted by molar-refractivity contribution is -0.624. The van der Waals surface area contributed by atoms with Crippen molar-refractivity contribution in [2.24, 2.45) is 5.41 Å². The van der Waals surface area contributed by atoms with Gasteiger partial charge in [0, 0.05) is 97.2 Å². The molecule has 4 N–H and O–H groups in total. The van der Waals surface area contributed by atoms with E-state index in [9.17, 15) is 31.9 Å². The molecule has 0 fully saturated rings. The van der Waals surface area contributed by atoms with Gasteiger partial charge in [0.1, 0.15) is 6.61 Å². The molecule has 0 aromatic rings. The fraction of sp³-hybridized carbons (Fsp3) is 0.936. The van der Waals surface area contributed by atoms with Crippen LogP contribution in [0.2, 0.25) is 18.1 Å². The van der Waals surface area contributed by atoms with Crippen LogP contribution in [-0.2, 0) is 73.0 Å². The Bertz CT molecular complexity index is 2100. The zero-order chi connectivity index (χ0) is 75.7. The Balaban J connectivity index is 8.27. The first-order chi connectivity index (χ1) is 44.2. The van der Waals surface area contributed by atoms with E-state index in [4.69, 9.17) is 44.9 Å². The smallest absolute Gasteiger partial charge is 0.443 e. The number of aliphatic hydroxyl groups is 1. The quantitative estimate of drug-likeness (QED) is 0.0191. The SMILES string of the molecule is CCO[Si](CCCNC(=O)OCC(F)(F)C(F)(F)OC(F)(F)C(C(F)(F)OC(F)(F)C(F)(F)CO)(C(F)(F)OC(F)(F)C(F)(F)COC(=O)NCCC[Si](OCC)(OCC)OCC)C(F)(F)OC(F)(F)C(F)(F)COC(=O)NCCC[Si](OCC)(OCC)OCC)(OCC)OCC. The van der Waals surface area contributed by atoms with E-state index >= 15 is 87.8 Å². The number of amides is 3. The predicted octanol–water partition coefficient (Wildman–Crippen LogP) is 11.8. The van der Waals surface area contributed by atoms with E-state index in [1.54, 1.807) is 18.9 Å². The lowest BCUT2D eigenvalue weighted by Gasteiger charge is -2.51. The second-order valence-corrected chi connectivity index (χ2v) is 27.2. The highest BCUT2D eigenvalue weighted by Gasteiger charge is 2.98. The van der Waals surface area contributed by atoms with Crippen molar-refractivity contribution in [1.29, 1.82) is 0 Å². The number of hydrogen-bond donors (Lipinski definition) is 4. The summed E-state index contributed by atoms with van der Waals surface area (Å²) < 4.78 is 442. The van der Waals surface area contributed by atoms with Gasteiger partial charge in [-0.1, -0.05) is 0 Å². The molecule has 23 nitrogen and oxygen atoms in total. The lowest BCUT2D eigenvalue weighted by Crippen LogP contribution is -2.78. The third kappa shape index (κ3) is 25.0. The maximum Gasteiger partial charge on any atom is 0.500 e. The second-order valence-electron chi connectivity index (χ2n) is 19.0. The minimum absolute atomic E-state index is 0.0744. The Labute approximate surface area is 540 Å². The second kappa shape index (κ2) is 37.9. The Kier molecular flexibility index (Phi) is 36.5. The van der Waals surface area contributed by atoms with Crippen LogP contribution in [0.5, 0.6) is 0 Å². The van der Waals surface area contributed by atoms with Crippen molar-refractivity contribution in [3.05, 3.63) is 0 Å². The molecule has 0 unspecified atom stereocenters. The van der Waals surface area contributed by atoms with Gasteiger partial charge in [0.25, 0.3) is 0 Å². The Morgan fingerprint density at radius 1 is 0.299 bits per heavy atom. The molecule has 50 heteroatoms. The molecule has 0 saturated heterocycles. The van der Waals surface area contributed by atoms with Gasteiger partial charge in [-0.25, -0.2) is 33.3 Å². The molecule has 0 radical (unpaired) electrons. The molecule has 0 heterocycles. The fourth-order valence-corrected chi connectivity index (χ4v) is 15.6. The zero-order valence-electron chi connectivity index (χ0n) is 52.8. The van der Waals surface area contributed by atoms with Gasteiger partial charge in [-0.2, -0.15) is 105 Å². The van der Waals surface area contributed by atoms with Crippen molar-refractivity contribution in [3.8, 4) is 0 Å². The number of carbonyl (C=O) groups excluding carboxylic acids is 3. The number of alkyl halides is 24. The highest BCUT2D eigenvalue weighted by atomic mass is 28.4. The molecule has 0 aliphatic carbocycles. The van der Waals surface area contributed by atoms with Crippen LogP contribution < -0.4 is 16.0 Å². The molecule has 578 valence electrons. The molecular weight excluding hydrogens is 1470 g/mol. The summed E-state index contributed by atoms with van der Waals surface area (Å²) in [6.07, 6.45) is -79.7. The molecule has 0 bridgehead atoms. The number of halogens is 24. The minimum atomic E-state index is -10.1. The number of hydrogen-bond acceptors (Lipinski definition) is 20. The standard InChI is InChI=1S/C47H75F24N3O20Si3/c1-10-82-95(83-11-2,84-12-3)25-19-22-72-32(76)79-29-36(50,51)41(58,59)92-45(66,67)39(44(64,65)91-40(56,57)35(48,49)28-75,46(68,69)93-42(60,61)37(52,53)30-80-33(77)73-23-20-26-96(85-13-4,86-14-5)87-15-6)47(70,71)94-43(62,63)38(54,55)31-81-34(78)74-24-21-27-97(88-16-7,89-17-8)90-18-9/h75H,10-31H2,1-9H3,(H,72,76)(H,73,77)(H,74,78). The van der Waals surface area contributed by atoms with E-state index in [-0.39, 0.29) is 77.6 Å². The van der Waals surface area contributed by atoms with E-state index in [0.717, 1.165) is 0 Å². The molecule has 3 amide bonds. The van der Waals surface area contributed by atoms with Crippen molar-refractivity contribution >= 4 is 44.7 Å². The van der Waals surface area contributed by atoms with Gasteiger partial charge in [-0.3, -0.25) is 0 Å². The average molecular weight is 1540 g/mol. The number of carbonyl (C=O) groups is 3. The van der Waals surface area contributed by atoms with E-state index < -0.39 is 188 Å². The van der Waals surface area contributed by atoms with Gasteiger partial charge in [0.05, 0.1) is 0 Å². The first-order valence-corrected chi connectivity index (χ1v) is 34.5. The molecule has 0 aliphatic rings. The van der Waals surface area contributed by atoms with Crippen LogP contribution in [0.4, 0.5) is 120 Å². The molecule has 0 aromatic carbocycles. The summed E-state index contributed by atoms with van der Waals surface area (Å²) in [5.41, 5.74) is -10.1. The van der Waals surface area contributed by atoms with Crippen molar-refractivity contribution < 1.29 is 198 Å². The van der Waals surface area contributed by atoms with Gasteiger partial charge in [-0.05, 0) is 81.6 Å². The van der Waals surface area contributed by atoms with Crippen molar-refractivity contribution in [3.63, 3.8) is 0 Å². The van der Waals surface area contributed by atoms with E-state index in [1.165, 1.54) is 78.3 Å². The van der Waals surface area contributed by atoms with Crippen LogP contribution in [0.15, 0.2) is 0 Å². The van der Waals surface area contributed by atoms with Crippen LogP contribution in [0.1, 0.15) is 81.6 Å². The third-order valence-corrected chi connectivity index (χ3v) is 21.3. The highest BCUT2D eigenvalue weighted by Crippen LogP contribution is 2.70. The number of nitrogens with one attached hydrogen (secondary N) is 3. The lowest BCUT2D eigenvalue weighted by atomic mass is 9.80. The number of alkyl carbamates (subject to hydrolysis) is 3.